The minimum atomic E-state index is 0. The van der Waals surface area contributed by atoms with Crippen LogP contribution in [0.5, 0.6) is 5.75 Å². The van der Waals surface area contributed by atoms with E-state index in [4.69, 9.17) is 4.99 Å². The number of fused-ring (bicyclic) bond motifs is 1. The van der Waals surface area contributed by atoms with Crippen molar-refractivity contribution in [2.24, 2.45) is 4.99 Å². The largest absolute Gasteiger partial charge is 0.508 e. The van der Waals surface area contributed by atoms with E-state index in [1.54, 1.807) is 0 Å². The van der Waals surface area contributed by atoms with Crippen LogP contribution in [0.15, 0.2) is 34.6 Å². The summed E-state index contributed by atoms with van der Waals surface area (Å²) >= 11 is 1.82. The summed E-state index contributed by atoms with van der Waals surface area (Å²) in [6.45, 7) is 5.60. The number of piperidine rings is 1. The first kappa shape index (κ1) is 23.2. The number of benzene rings is 1. The van der Waals surface area contributed by atoms with Gasteiger partial charge in [0.2, 0.25) is 0 Å². The summed E-state index contributed by atoms with van der Waals surface area (Å²) in [7, 11) is 0. The van der Waals surface area contributed by atoms with E-state index in [9.17, 15) is 5.11 Å². The Morgan fingerprint density at radius 2 is 2.00 bits per heavy atom. The minimum Gasteiger partial charge on any atom is -0.508 e. The maximum atomic E-state index is 10.4. The van der Waals surface area contributed by atoms with Crippen LogP contribution in [0.2, 0.25) is 0 Å². The number of nitrogens with one attached hydrogen (secondary N) is 2. The maximum absolute atomic E-state index is 10.4. The van der Waals surface area contributed by atoms with E-state index in [-0.39, 0.29) is 24.0 Å². The molecular formula is C23H33IN4OS. The molecule has 1 aliphatic heterocycles. The average Bonchev–Trinajstić information content (AvgIpc) is 3.28. The Morgan fingerprint density at radius 3 is 2.73 bits per heavy atom. The SMILES string of the molecule is CCNC(=NCc1c(O)ccc2c1CCCC2)NC1CCN(c2cccs2)CC1.I. The molecule has 1 fully saturated rings. The van der Waals surface area contributed by atoms with Crippen LogP contribution in [0.3, 0.4) is 0 Å². The molecule has 7 heteroatoms. The summed E-state index contributed by atoms with van der Waals surface area (Å²) in [5.74, 6) is 1.24. The second-order valence-corrected chi connectivity index (χ2v) is 8.89. The summed E-state index contributed by atoms with van der Waals surface area (Å²) in [5, 5.41) is 21.0. The Labute approximate surface area is 201 Å². The molecule has 1 aliphatic carbocycles. The average molecular weight is 541 g/mol. The summed E-state index contributed by atoms with van der Waals surface area (Å²) in [4.78, 5) is 7.31. The van der Waals surface area contributed by atoms with Gasteiger partial charge in [-0.2, -0.15) is 0 Å². The number of aromatic hydroxyl groups is 1. The normalized spacial score (nSPS) is 17.2. The van der Waals surface area contributed by atoms with Gasteiger partial charge in [0.15, 0.2) is 5.96 Å². The van der Waals surface area contributed by atoms with E-state index < -0.39 is 0 Å². The van der Waals surface area contributed by atoms with Crippen molar-refractivity contribution in [3.8, 4) is 5.75 Å². The number of phenols is 1. The first-order valence-electron chi connectivity index (χ1n) is 10.9. The number of hydrogen-bond donors (Lipinski definition) is 3. The van der Waals surface area contributed by atoms with Gasteiger partial charge in [0.25, 0.3) is 0 Å². The van der Waals surface area contributed by atoms with E-state index >= 15 is 0 Å². The third-order valence-electron chi connectivity index (χ3n) is 6.02. The summed E-state index contributed by atoms with van der Waals surface area (Å²) < 4.78 is 0. The van der Waals surface area contributed by atoms with Gasteiger partial charge < -0.3 is 20.6 Å². The highest BCUT2D eigenvalue weighted by Crippen LogP contribution is 2.31. The van der Waals surface area contributed by atoms with E-state index in [1.165, 1.54) is 29.0 Å². The van der Waals surface area contributed by atoms with Gasteiger partial charge in [-0.3, -0.25) is 0 Å². The predicted octanol–water partition coefficient (Wildman–Crippen LogP) is 4.67. The fourth-order valence-corrected chi connectivity index (χ4v) is 5.22. The van der Waals surface area contributed by atoms with Crippen molar-refractivity contribution in [3.63, 3.8) is 0 Å². The van der Waals surface area contributed by atoms with Crippen molar-refractivity contribution in [2.45, 2.75) is 58.0 Å². The van der Waals surface area contributed by atoms with E-state index in [2.05, 4.69) is 46.0 Å². The van der Waals surface area contributed by atoms with Gasteiger partial charge in [-0.05, 0) is 80.2 Å². The molecule has 0 spiro atoms. The summed E-state index contributed by atoms with van der Waals surface area (Å²) in [5.41, 5.74) is 3.71. The Kier molecular flexibility index (Phi) is 8.68. The quantitative estimate of drug-likeness (QED) is 0.293. The lowest BCUT2D eigenvalue weighted by atomic mass is 9.88. The second-order valence-electron chi connectivity index (χ2n) is 7.96. The van der Waals surface area contributed by atoms with Gasteiger partial charge in [-0.15, -0.1) is 35.3 Å². The monoisotopic (exact) mass is 540 g/mol. The van der Waals surface area contributed by atoms with Crippen LogP contribution in [-0.4, -0.2) is 36.7 Å². The molecule has 0 amide bonds. The highest BCUT2D eigenvalue weighted by atomic mass is 127. The number of guanidine groups is 1. The molecule has 0 bridgehead atoms. The lowest BCUT2D eigenvalue weighted by Gasteiger charge is -2.33. The number of hydrogen-bond acceptors (Lipinski definition) is 4. The number of aliphatic imine (C=N–C) groups is 1. The number of thiophene rings is 1. The molecule has 0 atom stereocenters. The van der Waals surface area contributed by atoms with Crippen molar-refractivity contribution < 1.29 is 5.11 Å². The number of halogens is 1. The molecule has 2 heterocycles. The van der Waals surface area contributed by atoms with Crippen LogP contribution >= 0.6 is 35.3 Å². The maximum Gasteiger partial charge on any atom is 0.191 e. The molecule has 2 aromatic rings. The first-order chi connectivity index (χ1) is 14.2. The molecule has 0 saturated carbocycles. The Hall–Kier alpha value is -1.48. The predicted molar refractivity (Wildman–Crippen MR) is 138 cm³/mol. The molecule has 1 aromatic carbocycles. The second kappa shape index (κ2) is 11.2. The Morgan fingerprint density at radius 1 is 1.20 bits per heavy atom. The fraction of sp³-hybridized carbons (Fsp3) is 0.522. The molecule has 3 N–H and O–H groups in total. The van der Waals surface area contributed by atoms with Crippen molar-refractivity contribution in [1.82, 2.24) is 10.6 Å². The smallest absolute Gasteiger partial charge is 0.191 e. The van der Waals surface area contributed by atoms with Crippen LogP contribution in [0, 0.1) is 0 Å². The van der Waals surface area contributed by atoms with Crippen molar-refractivity contribution in [1.29, 1.82) is 0 Å². The topological polar surface area (TPSA) is 59.9 Å². The van der Waals surface area contributed by atoms with Crippen LogP contribution in [0.1, 0.15) is 49.3 Å². The van der Waals surface area contributed by atoms with Crippen LogP contribution in [0.25, 0.3) is 0 Å². The van der Waals surface area contributed by atoms with Gasteiger partial charge in [-0.25, -0.2) is 4.99 Å². The van der Waals surface area contributed by atoms with E-state index in [0.717, 1.165) is 56.8 Å². The molecule has 30 heavy (non-hydrogen) atoms. The lowest BCUT2D eigenvalue weighted by molar-refractivity contribution is 0.460. The van der Waals surface area contributed by atoms with Crippen LogP contribution < -0.4 is 15.5 Å². The zero-order chi connectivity index (χ0) is 20.1. The fourth-order valence-electron chi connectivity index (χ4n) is 4.43. The third kappa shape index (κ3) is 5.60. The van der Waals surface area contributed by atoms with Crippen molar-refractivity contribution >= 4 is 46.3 Å². The zero-order valence-corrected chi connectivity index (χ0v) is 20.8. The molecule has 0 unspecified atom stereocenters. The third-order valence-corrected chi connectivity index (χ3v) is 6.95. The van der Waals surface area contributed by atoms with Crippen LogP contribution in [0.4, 0.5) is 5.00 Å². The van der Waals surface area contributed by atoms with Crippen LogP contribution in [-0.2, 0) is 19.4 Å². The molecular weight excluding hydrogens is 507 g/mol. The molecule has 5 nitrogen and oxygen atoms in total. The number of nitrogens with zero attached hydrogens (tertiary/aromatic N) is 2. The van der Waals surface area contributed by atoms with E-state index in [0.29, 0.717) is 18.3 Å². The lowest BCUT2D eigenvalue weighted by Crippen LogP contribution is -2.48. The minimum absolute atomic E-state index is 0. The van der Waals surface area contributed by atoms with Gasteiger partial charge in [0, 0.05) is 31.2 Å². The number of anilines is 1. The van der Waals surface area contributed by atoms with E-state index in [1.807, 2.05) is 17.4 Å². The molecule has 4 rings (SSSR count). The van der Waals surface area contributed by atoms with Crippen molar-refractivity contribution in [3.05, 3.63) is 46.3 Å². The van der Waals surface area contributed by atoms with Gasteiger partial charge in [0.05, 0.1) is 11.5 Å². The first-order valence-corrected chi connectivity index (χ1v) is 11.8. The van der Waals surface area contributed by atoms with Crippen molar-refractivity contribution in [2.75, 3.05) is 24.5 Å². The molecule has 164 valence electrons. The zero-order valence-electron chi connectivity index (χ0n) is 17.7. The summed E-state index contributed by atoms with van der Waals surface area (Å²) in [6, 6.07) is 8.69. The van der Waals surface area contributed by atoms with Gasteiger partial charge in [-0.1, -0.05) is 6.07 Å². The standard InChI is InChI=1S/C23H32N4OS.HI/c1-2-24-23(26-18-11-13-27(14-12-18)22-8-5-15-29-22)25-16-20-19-7-4-3-6-17(19)9-10-21(20)28;/h5,8-10,15,18,28H,2-4,6-7,11-14,16H2,1H3,(H2,24,25,26);1H. The Balaban J connectivity index is 0.00000256. The highest BCUT2D eigenvalue weighted by molar-refractivity contribution is 14.0. The van der Waals surface area contributed by atoms with Gasteiger partial charge >= 0.3 is 0 Å². The molecule has 1 saturated heterocycles. The number of aryl methyl sites for hydroxylation is 1. The Bertz CT molecular complexity index is 832. The highest BCUT2D eigenvalue weighted by Gasteiger charge is 2.21. The molecule has 1 aromatic heterocycles. The molecule has 0 radical (unpaired) electrons. The molecule has 2 aliphatic rings. The number of rotatable bonds is 5. The number of phenolic OH excluding ortho intramolecular Hbond substituents is 1. The summed E-state index contributed by atoms with van der Waals surface area (Å²) in [6.07, 6.45) is 6.83. The van der Waals surface area contributed by atoms with Gasteiger partial charge in [0.1, 0.15) is 5.75 Å².